The molecule has 0 saturated carbocycles. The topological polar surface area (TPSA) is 138 Å². The predicted molar refractivity (Wildman–Crippen MR) is 158 cm³/mol. The monoisotopic (exact) mass is 614 g/mol. The van der Waals surface area contributed by atoms with Crippen LogP contribution >= 0.6 is 11.3 Å². The highest BCUT2D eigenvalue weighted by Crippen LogP contribution is 2.39. The van der Waals surface area contributed by atoms with Crippen LogP contribution in [0.15, 0.2) is 40.6 Å². The van der Waals surface area contributed by atoms with Crippen molar-refractivity contribution >= 4 is 40.1 Å². The smallest absolute Gasteiger partial charge is 0.434 e. The molecule has 1 aliphatic heterocycles. The number of carbonyl (C=O) groups is 2. The summed E-state index contributed by atoms with van der Waals surface area (Å²) in [4.78, 5) is 46.2. The van der Waals surface area contributed by atoms with Crippen LogP contribution < -0.4 is 21.4 Å². The van der Waals surface area contributed by atoms with Crippen LogP contribution in [-0.2, 0) is 12.6 Å². The molecule has 226 valence electrons. The Morgan fingerprint density at radius 2 is 2.00 bits per heavy atom. The fourth-order valence-corrected chi connectivity index (χ4v) is 6.30. The van der Waals surface area contributed by atoms with Crippen LogP contribution in [0.3, 0.4) is 0 Å². The standard InChI is InChI=1S/C29H29F3N6O4S/c1-3-20-24(27(40)41)25(39)18-10-15(7-8-21(18)38(20)16-6-5-9-33-12-16)19-13-35-23(37-28(42)34-4-2)11-17(19)26-36-22(14-43-26)29(30,31)32/h7-8,10-11,13-14,16,33H,3-6,9,12H2,1-2H3,(H,40,41)(H2,34,35,37,42)/t16-/m1/s1. The number of halogens is 3. The van der Waals surface area contributed by atoms with E-state index in [2.05, 4.69) is 25.9 Å². The zero-order chi connectivity index (χ0) is 30.9. The molecule has 1 saturated heterocycles. The number of carbonyl (C=O) groups excluding carboxylic acids is 1. The summed E-state index contributed by atoms with van der Waals surface area (Å²) in [7, 11) is 0. The second-order valence-corrected chi connectivity index (χ2v) is 10.9. The maximum atomic E-state index is 13.7. The van der Waals surface area contributed by atoms with Gasteiger partial charge in [0.15, 0.2) is 5.69 Å². The number of anilines is 1. The van der Waals surface area contributed by atoms with Crippen molar-refractivity contribution < 1.29 is 27.9 Å². The number of thiazole rings is 1. The first-order chi connectivity index (χ1) is 20.5. The minimum Gasteiger partial charge on any atom is -0.477 e. The van der Waals surface area contributed by atoms with Crippen molar-refractivity contribution in [3.05, 3.63) is 63.0 Å². The Kier molecular flexibility index (Phi) is 8.51. The second-order valence-electron chi connectivity index (χ2n) is 10.0. The molecule has 0 spiro atoms. The van der Waals surface area contributed by atoms with E-state index in [-0.39, 0.29) is 33.4 Å². The Hall–Kier alpha value is -4.30. The van der Waals surface area contributed by atoms with Gasteiger partial charge in [0.2, 0.25) is 5.43 Å². The fraction of sp³-hybridized carbons (Fsp3) is 0.345. The van der Waals surface area contributed by atoms with Gasteiger partial charge >= 0.3 is 18.2 Å². The number of hydrogen-bond acceptors (Lipinski definition) is 7. The Labute approximate surface area is 248 Å². The number of carboxylic acid groups (broad SMARTS) is 1. The van der Waals surface area contributed by atoms with Crippen LogP contribution in [0.5, 0.6) is 0 Å². The molecule has 0 radical (unpaired) electrons. The van der Waals surface area contributed by atoms with Gasteiger partial charge in [-0.05, 0) is 56.5 Å². The van der Waals surface area contributed by atoms with E-state index in [9.17, 15) is 32.7 Å². The average Bonchev–Trinajstić information content (AvgIpc) is 3.48. The van der Waals surface area contributed by atoms with Crippen molar-refractivity contribution in [1.82, 2.24) is 25.2 Å². The molecule has 1 atom stereocenters. The Morgan fingerprint density at radius 3 is 2.63 bits per heavy atom. The third kappa shape index (κ3) is 5.97. The van der Waals surface area contributed by atoms with Crippen LogP contribution in [0.1, 0.15) is 54.5 Å². The largest absolute Gasteiger partial charge is 0.477 e. The molecule has 14 heteroatoms. The van der Waals surface area contributed by atoms with E-state index in [1.165, 1.54) is 12.3 Å². The number of carboxylic acids is 1. The molecular formula is C29H29F3N6O4S. The van der Waals surface area contributed by atoms with Crippen LogP contribution in [0.4, 0.5) is 23.8 Å². The van der Waals surface area contributed by atoms with Gasteiger partial charge in [-0.25, -0.2) is 19.6 Å². The van der Waals surface area contributed by atoms with Crippen molar-refractivity contribution in [2.75, 3.05) is 25.0 Å². The van der Waals surface area contributed by atoms with Gasteiger partial charge < -0.3 is 20.3 Å². The summed E-state index contributed by atoms with van der Waals surface area (Å²) < 4.78 is 42.2. The number of nitrogens with one attached hydrogen (secondary N) is 3. The molecule has 4 aromatic rings. The first-order valence-electron chi connectivity index (χ1n) is 13.8. The summed E-state index contributed by atoms with van der Waals surface area (Å²) in [6.45, 7) is 5.35. The maximum absolute atomic E-state index is 13.7. The lowest BCUT2D eigenvalue weighted by atomic mass is 9.96. The molecule has 2 amide bonds. The summed E-state index contributed by atoms with van der Waals surface area (Å²) >= 11 is 0.778. The van der Waals surface area contributed by atoms with E-state index in [0.717, 1.165) is 36.1 Å². The molecule has 10 nitrogen and oxygen atoms in total. The van der Waals surface area contributed by atoms with Gasteiger partial charge in [-0.15, -0.1) is 11.3 Å². The number of aromatic nitrogens is 3. The van der Waals surface area contributed by atoms with Crippen molar-refractivity contribution in [1.29, 1.82) is 0 Å². The third-order valence-corrected chi connectivity index (χ3v) is 8.19. The Morgan fingerprint density at radius 1 is 1.21 bits per heavy atom. The lowest BCUT2D eigenvalue weighted by molar-refractivity contribution is -0.140. The number of amides is 2. The van der Waals surface area contributed by atoms with Gasteiger partial charge in [-0.3, -0.25) is 10.1 Å². The zero-order valence-electron chi connectivity index (χ0n) is 23.3. The Balaban J connectivity index is 1.73. The summed E-state index contributed by atoms with van der Waals surface area (Å²) in [5.74, 6) is -1.24. The molecule has 3 aromatic heterocycles. The van der Waals surface area contributed by atoms with E-state index in [1.54, 1.807) is 25.1 Å². The second kappa shape index (κ2) is 12.1. The van der Waals surface area contributed by atoms with Crippen LogP contribution in [0.25, 0.3) is 32.6 Å². The van der Waals surface area contributed by atoms with Gasteiger partial charge in [0.05, 0.1) is 5.52 Å². The quantitative estimate of drug-likeness (QED) is 0.215. The first-order valence-corrected chi connectivity index (χ1v) is 14.6. The fourth-order valence-electron chi connectivity index (χ4n) is 5.45. The van der Waals surface area contributed by atoms with E-state index in [4.69, 9.17) is 0 Å². The average molecular weight is 615 g/mol. The summed E-state index contributed by atoms with van der Waals surface area (Å²) in [5, 5.41) is 19.6. The zero-order valence-corrected chi connectivity index (χ0v) is 24.2. The van der Waals surface area contributed by atoms with E-state index >= 15 is 0 Å². The van der Waals surface area contributed by atoms with Crippen molar-refractivity contribution in [3.63, 3.8) is 0 Å². The van der Waals surface area contributed by atoms with Crippen molar-refractivity contribution in [2.24, 2.45) is 0 Å². The lowest BCUT2D eigenvalue weighted by Crippen LogP contribution is -2.35. The number of pyridine rings is 2. The Bertz CT molecular complexity index is 1760. The number of rotatable bonds is 7. The third-order valence-electron chi connectivity index (χ3n) is 7.31. The van der Waals surface area contributed by atoms with Gasteiger partial charge in [0.25, 0.3) is 0 Å². The number of urea groups is 1. The number of nitrogens with zero attached hydrogens (tertiary/aromatic N) is 3. The minimum absolute atomic E-state index is 0.0296. The predicted octanol–water partition coefficient (Wildman–Crippen LogP) is 5.53. The SMILES string of the molecule is CCNC(=O)Nc1cc(-c2nc(C(F)(F)F)cs2)c(-c2ccc3c(c2)c(=O)c(C(=O)O)c(CC)n3[C@@H]2CCCNC2)cn1. The van der Waals surface area contributed by atoms with E-state index in [0.29, 0.717) is 41.8 Å². The molecule has 0 bridgehead atoms. The van der Waals surface area contributed by atoms with Gasteiger partial charge in [-0.1, -0.05) is 13.0 Å². The number of fused-ring (bicyclic) bond motifs is 1. The molecule has 4 heterocycles. The molecule has 1 fully saturated rings. The number of piperidine rings is 1. The summed E-state index contributed by atoms with van der Waals surface area (Å²) in [5.41, 5.74) is 0.0453. The molecule has 4 N–H and O–H groups in total. The van der Waals surface area contributed by atoms with Gasteiger partial charge in [-0.2, -0.15) is 13.2 Å². The molecule has 0 unspecified atom stereocenters. The van der Waals surface area contributed by atoms with E-state index < -0.39 is 29.3 Å². The number of benzene rings is 1. The molecule has 1 aromatic carbocycles. The van der Waals surface area contributed by atoms with Crippen LogP contribution in [0.2, 0.25) is 0 Å². The molecule has 1 aliphatic rings. The van der Waals surface area contributed by atoms with Gasteiger partial charge in [0.1, 0.15) is 16.4 Å². The lowest BCUT2D eigenvalue weighted by Gasteiger charge is -2.30. The van der Waals surface area contributed by atoms with Crippen LogP contribution in [-0.4, -0.2) is 51.3 Å². The van der Waals surface area contributed by atoms with Crippen LogP contribution in [0, 0.1) is 0 Å². The normalized spacial score (nSPS) is 15.4. The number of hydrogen-bond donors (Lipinski definition) is 4. The molecule has 43 heavy (non-hydrogen) atoms. The highest BCUT2D eigenvalue weighted by Gasteiger charge is 2.34. The van der Waals surface area contributed by atoms with Gasteiger partial charge in [0, 0.05) is 52.9 Å². The number of alkyl halides is 3. The highest BCUT2D eigenvalue weighted by molar-refractivity contribution is 7.13. The minimum atomic E-state index is -4.66. The highest BCUT2D eigenvalue weighted by atomic mass is 32.1. The maximum Gasteiger partial charge on any atom is 0.434 e. The summed E-state index contributed by atoms with van der Waals surface area (Å²) in [6, 6.07) is 5.82. The van der Waals surface area contributed by atoms with Crippen molar-refractivity contribution in [2.45, 2.75) is 45.3 Å². The first kappa shape index (κ1) is 30.2. The molecular weight excluding hydrogens is 585 g/mol. The summed E-state index contributed by atoms with van der Waals surface area (Å²) in [6.07, 6.45) is -1.24. The van der Waals surface area contributed by atoms with E-state index in [1.807, 2.05) is 11.5 Å². The molecule has 0 aliphatic carbocycles. The number of aromatic carboxylic acids is 1. The molecule has 5 rings (SSSR count). The van der Waals surface area contributed by atoms with Crippen molar-refractivity contribution in [3.8, 4) is 21.7 Å².